The number of fused-ring (bicyclic) bond motifs is 9. The van der Waals surface area contributed by atoms with E-state index in [-0.39, 0.29) is 0 Å². The zero-order chi connectivity index (χ0) is 41.4. The molecule has 294 valence electrons. The van der Waals surface area contributed by atoms with Crippen molar-refractivity contribution in [2.24, 2.45) is 0 Å². The van der Waals surface area contributed by atoms with Gasteiger partial charge in [0.1, 0.15) is 22.3 Å². The van der Waals surface area contributed by atoms with Gasteiger partial charge in [0.05, 0.1) is 0 Å². The molecule has 0 saturated heterocycles. The van der Waals surface area contributed by atoms with Crippen LogP contribution in [-0.2, 0) is 0 Å². The Morgan fingerprint density at radius 1 is 0.349 bits per heavy atom. The first-order chi connectivity index (χ1) is 31.2. The fourth-order valence-corrected chi connectivity index (χ4v) is 10.1. The van der Waals surface area contributed by atoms with Gasteiger partial charge >= 0.3 is 0 Å². The Labute approximate surface area is 364 Å². The average Bonchev–Trinajstić information content (AvgIpc) is 4.05. The summed E-state index contributed by atoms with van der Waals surface area (Å²) in [7, 11) is 0. The normalized spacial score (nSPS) is 11.8. The molecule has 63 heavy (non-hydrogen) atoms. The highest BCUT2D eigenvalue weighted by Crippen LogP contribution is 2.44. The van der Waals surface area contributed by atoms with Crippen molar-refractivity contribution >= 4 is 75.4 Å². The summed E-state index contributed by atoms with van der Waals surface area (Å²) in [6.07, 6.45) is 3.65. The summed E-state index contributed by atoms with van der Waals surface area (Å²) >= 11 is 1.83. The Balaban J connectivity index is 0.919. The van der Waals surface area contributed by atoms with E-state index >= 15 is 0 Å². The van der Waals surface area contributed by atoms with E-state index in [2.05, 4.69) is 151 Å². The standard InChI is InChI=1S/C56H32N4O2S/c1-4-12-47-42(9-1)43-25-24-38(30-49(43)61-47)56-59-54(35-19-15-33(16-20-35)39-8-7-29-57-32-39)58-55(60-56)36-21-17-34(18-22-36)40-27-28-41(53-52(40)46-11-2-5-13-48(46)62-53)37-23-26-45-44-10-3-6-14-50(44)63-51(45)31-37/h1-32H. The molecule has 13 rings (SSSR count). The van der Waals surface area contributed by atoms with Crippen LogP contribution in [0.3, 0.4) is 0 Å². The van der Waals surface area contributed by atoms with Gasteiger partial charge in [-0.15, -0.1) is 11.3 Å². The van der Waals surface area contributed by atoms with Crippen LogP contribution in [0.5, 0.6) is 0 Å². The molecule has 0 aliphatic rings. The first-order valence-electron chi connectivity index (χ1n) is 20.8. The minimum absolute atomic E-state index is 0.564. The molecule has 0 aliphatic carbocycles. The predicted molar refractivity (Wildman–Crippen MR) is 258 cm³/mol. The second kappa shape index (κ2) is 14.2. The number of rotatable bonds is 6. The van der Waals surface area contributed by atoms with Crippen LogP contribution in [0.25, 0.3) is 132 Å². The van der Waals surface area contributed by atoms with E-state index in [1.165, 1.54) is 20.2 Å². The zero-order valence-corrected chi connectivity index (χ0v) is 34.3. The second-order valence-corrected chi connectivity index (χ2v) is 16.9. The topological polar surface area (TPSA) is 77.8 Å². The summed E-state index contributed by atoms with van der Waals surface area (Å²) in [6.45, 7) is 0. The van der Waals surface area contributed by atoms with Crippen LogP contribution in [0, 0.1) is 0 Å². The molecule has 6 nitrogen and oxygen atoms in total. The number of pyridine rings is 1. The maximum Gasteiger partial charge on any atom is 0.164 e. The van der Waals surface area contributed by atoms with E-state index in [1.54, 1.807) is 6.20 Å². The molecule has 0 bridgehead atoms. The van der Waals surface area contributed by atoms with Crippen molar-refractivity contribution in [1.82, 2.24) is 19.9 Å². The maximum absolute atomic E-state index is 6.72. The van der Waals surface area contributed by atoms with Crippen molar-refractivity contribution in [3.8, 4) is 67.5 Å². The number of benzene rings is 8. The quantitative estimate of drug-likeness (QED) is 0.166. The van der Waals surface area contributed by atoms with Crippen molar-refractivity contribution < 1.29 is 8.83 Å². The molecule has 0 atom stereocenters. The fraction of sp³-hybridized carbons (Fsp3) is 0. The number of hydrogen-bond donors (Lipinski definition) is 0. The number of thiophene rings is 1. The molecule has 0 spiro atoms. The van der Waals surface area contributed by atoms with Crippen LogP contribution >= 0.6 is 11.3 Å². The first kappa shape index (κ1) is 35.5. The molecule has 0 unspecified atom stereocenters. The van der Waals surface area contributed by atoms with Crippen molar-refractivity contribution in [3.05, 3.63) is 194 Å². The van der Waals surface area contributed by atoms with Gasteiger partial charge in [-0.2, -0.15) is 0 Å². The highest BCUT2D eigenvalue weighted by atomic mass is 32.1. The molecule has 0 aliphatic heterocycles. The van der Waals surface area contributed by atoms with Crippen molar-refractivity contribution in [2.75, 3.05) is 0 Å². The lowest BCUT2D eigenvalue weighted by Crippen LogP contribution is -2.00. The van der Waals surface area contributed by atoms with Crippen LogP contribution in [0.1, 0.15) is 0 Å². The third kappa shape index (κ3) is 5.93. The highest BCUT2D eigenvalue weighted by Gasteiger charge is 2.20. The smallest absolute Gasteiger partial charge is 0.164 e. The molecule has 13 aromatic rings. The molecule has 0 saturated carbocycles. The molecular weight excluding hydrogens is 793 g/mol. The Hall–Kier alpha value is -8.26. The monoisotopic (exact) mass is 824 g/mol. The van der Waals surface area contributed by atoms with Gasteiger partial charge in [-0.25, -0.2) is 15.0 Å². The van der Waals surface area contributed by atoms with Gasteiger partial charge < -0.3 is 8.83 Å². The van der Waals surface area contributed by atoms with Crippen LogP contribution in [-0.4, -0.2) is 19.9 Å². The number of furan rings is 2. The van der Waals surface area contributed by atoms with Crippen LogP contribution in [0.4, 0.5) is 0 Å². The third-order valence-electron chi connectivity index (χ3n) is 12.1. The van der Waals surface area contributed by atoms with Gasteiger partial charge in [0.15, 0.2) is 17.5 Å². The molecular formula is C56H32N4O2S. The minimum Gasteiger partial charge on any atom is -0.456 e. The van der Waals surface area contributed by atoms with Crippen molar-refractivity contribution in [1.29, 1.82) is 0 Å². The van der Waals surface area contributed by atoms with E-state index in [0.717, 1.165) is 93.9 Å². The van der Waals surface area contributed by atoms with Crippen LogP contribution < -0.4 is 0 Å². The second-order valence-electron chi connectivity index (χ2n) is 15.8. The summed E-state index contributed by atoms with van der Waals surface area (Å²) in [5, 5.41) is 6.87. The Bertz CT molecular complexity index is 3910. The van der Waals surface area contributed by atoms with Gasteiger partial charge in [-0.3, -0.25) is 4.98 Å². The van der Waals surface area contributed by atoms with Crippen LogP contribution in [0.2, 0.25) is 0 Å². The predicted octanol–water partition coefficient (Wildman–Crippen LogP) is 15.4. The van der Waals surface area contributed by atoms with Crippen LogP contribution in [0.15, 0.2) is 203 Å². The van der Waals surface area contributed by atoms with Gasteiger partial charge in [-0.1, -0.05) is 133 Å². The molecule has 8 aromatic carbocycles. The number of nitrogens with zero attached hydrogens (tertiary/aromatic N) is 4. The average molecular weight is 825 g/mol. The molecule has 0 radical (unpaired) electrons. The van der Waals surface area contributed by atoms with Gasteiger partial charge in [0.2, 0.25) is 0 Å². The SMILES string of the molecule is c1cncc(-c2ccc(-c3nc(-c4ccc(-c5ccc(-c6ccc7c(c6)sc6ccccc67)c6oc7ccccc7c56)cc4)nc(-c4ccc5c(c4)oc4ccccc45)n3)cc2)c1. The maximum atomic E-state index is 6.72. The summed E-state index contributed by atoms with van der Waals surface area (Å²) in [6, 6.07) is 63.2. The Morgan fingerprint density at radius 3 is 1.68 bits per heavy atom. The van der Waals surface area contributed by atoms with Gasteiger partial charge in [0, 0.05) is 76.4 Å². The van der Waals surface area contributed by atoms with Crippen molar-refractivity contribution in [2.45, 2.75) is 0 Å². The number of hydrogen-bond acceptors (Lipinski definition) is 7. The minimum atomic E-state index is 0.564. The third-order valence-corrected chi connectivity index (χ3v) is 13.2. The number of aromatic nitrogens is 4. The van der Waals surface area contributed by atoms with E-state index < -0.39 is 0 Å². The summed E-state index contributed by atoms with van der Waals surface area (Å²) in [5.41, 5.74) is 12.4. The van der Waals surface area contributed by atoms with E-state index in [9.17, 15) is 0 Å². The molecule has 0 N–H and O–H groups in total. The van der Waals surface area contributed by atoms with E-state index in [1.807, 2.05) is 53.9 Å². The van der Waals surface area contributed by atoms with Gasteiger partial charge in [-0.05, 0) is 76.3 Å². The van der Waals surface area contributed by atoms with E-state index in [0.29, 0.717) is 17.5 Å². The summed E-state index contributed by atoms with van der Waals surface area (Å²) < 4.78 is 15.6. The highest BCUT2D eigenvalue weighted by molar-refractivity contribution is 7.25. The molecule has 5 aromatic heterocycles. The zero-order valence-electron chi connectivity index (χ0n) is 33.5. The van der Waals surface area contributed by atoms with Gasteiger partial charge in [0.25, 0.3) is 0 Å². The first-order valence-corrected chi connectivity index (χ1v) is 21.7. The lowest BCUT2D eigenvalue weighted by atomic mass is 9.94. The Morgan fingerprint density at radius 2 is 0.921 bits per heavy atom. The molecule has 0 fully saturated rings. The number of para-hydroxylation sites is 2. The lowest BCUT2D eigenvalue weighted by molar-refractivity contribution is 0.669. The van der Waals surface area contributed by atoms with Crippen molar-refractivity contribution in [3.63, 3.8) is 0 Å². The molecule has 7 heteroatoms. The molecule has 0 amide bonds. The summed E-state index contributed by atoms with van der Waals surface area (Å²) in [5.74, 6) is 1.72. The lowest BCUT2D eigenvalue weighted by Gasteiger charge is -2.11. The molecule has 5 heterocycles. The summed E-state index contributed by atoms with van der Waals surface area (Å²) in [4.78, 5) is 19.6. The Kier molecular flexibility index (Phi) is 7.98. The fourth-order valence-electron chi connectivity index (χ4n) is 8.96. The largest absolute Gasteiger partial charge is 0.456 e. The van der Waals surface area contributed by atoms with E-state index in [4.69, 9.17) is 23.8 Å².